The lowest BCUT2D eigenvalue weighted by Gasteiger charge is -2.06. The minimum atomic E-state index is 0.644. The second-order valence-corrected chi connectivity index (χ2v) is 5.37. The van der Waals surface area contributed by atoms with Gasteiger partial charge >= 0.3 is 0 Å². The van der Waals surface area contributed by atoms with Gasteiger partial charge in [0.15, 0.2) is 11.5 Å². The second kappa shape index (κ2) is 6.56. The maximum absolute atomic E-state index is 5.43. The molecule has 0 aliphatic heterocycles. The molecule has 0 aliphatic carbocycles. The lowest BCUT2D eigenvalue weighted by Crippen LogP contribution is -2.00. The summed E-state index contributed by atoms with van der Waals surface area (Å²) >= 11 is 0. The Bertz CT molecular complexity index is 1040. The van der Waals surface area contributed by atoms with Gasteiger partial charge in [-0.25, -0.2) is 0 Å². The zero-order chi connectivity index (χ0) is 17.1. The molecule has 0 bridgehead atoms. The Labute approximate surface area is 144 Å². The summed E-state index contributed by atoms with van der Waals surface area (Å²) in [6, 6.07) is 15.6. The molecule has 25 heavy (non-hydrogen) atoms. The van der Waals surface area contributed by atoms with Crippen molar-refractivity contribution in [2.24, 2.45) is 5.10 Å². The summed E-state index contributed by atoms with van der Waals surface area (Å²) in [6.07, 6.45) is 3.31. The van der Waals surface area contributed by atoms with E-state index in [-0.39, 0.29) is 0 Å². The highest BCUT2D eigenvalue weighted by Crippen LogP contribution is 2.23. The molecule has 0 spiro atoms. The predicted molar refractivity (Wildman–Crippen MR) is 97.1 cm³/mol. The monoisotopic (exact) mass is 332 g/mol. The van der Waals surface area contributed by atoms with E-state index in [0.29, 0.717) is 12.4 Å². The van der Waals surface area contributed by atoms with Gasteiger partial charge < -0.3 is 4.74 Å². The Hall–Kier alpha value is -3.48. The first-order chi connectivity index (χ1) is 12.3. The van der Waals surface area contributed by atoms with Gasteiger partial charge in [-0.3, -0.25) is 5.43 Å². The lowest BCUT2D eigenvalue weighted by atomic mass is 10.2. The molecule has 7 nitrogen and oxygen atoms in total. The van der Waals surface area contributed by atoms with Crippen LogP contribution in [-0.4, -0.2) is 32.6 Å². The van der Waals surface area contributed by atoms with Gasteiger partial charge in [-0.2, -0.15) is 9.62 Å². The van der Waals surface area contributed by atoms with Crippen LogP contribution in [0.5, 0.6) is 5.75 Å². The Morgan fingerprint density at radius 1 is 1.12 bits per heavy atom. The highest BCUT2D eigenvalue weighted by molar-refractivity contribution is 5.99. The van der Waals surface area contributed by atoms with E-state index in [2.05, 4.69) is 25.8 Å². The zero-order valence-electron chi connectivity index (χ0n) is 13.6. The van der Waals surface area contributed by atoms with E-state index in [4.69, 9.17) is 4.74 Å². The molecule has 124 valence electrons. The number of hydrogen-bond donors (Lipinski definition) is 1. The average molecular weight is 332 g/mol. The van der Waals surface area contributed by atoms with E-state index < -0.39 is 0 Å². The summed E-state index contributed by atoms with van der Waals surface area (Å²) < 4.78 is 7.07. The molecular weight excluding hydrogens is 316 g/mol. The minimum Gasteiger partial charge on any atom is -0.494 e. The first-order valence-electron chi connectivity index (χ1n) is 7.96. The van der Waals surface area contributed by atoms with Gasteiger partial charge in [0.1, 0.15) is 12.1 Å². The number of anilines is 1. The molecule has 0 aliphatic rings. The maximum atomic E-state index is 5.43. The van der Waals surface area contributed by atoms with Gasteiger partial charge in [0, 0.05) is 10.8 Å². The summed E-state index contributed by atoms with van der Waals surface area (Å²) in [5.74, 6) is 1.49. The van der Waals surface area contributed by atoms with Gasteiger partial charge in [-0.1, -0.05) is 24.3 Å². The molecule has 7 heteroatoms. The van der Waals surface area contributed by atoms with Crippen LogP contribution in [0.1, 0.15) is 12.5 Å². The molecule has 0 atom stereocenters. The van der Waals surface area contributed by atoms with Crippen molar-refractivity contribution >= 4 is 28.5 Å². The first-order valence-corrected chi connectivity index (χ1v) is 7.96. The molecule has 4 aromatic rings. The van der Waals surface area contributed by atoms with Crippen LogP contribution in [0.2, 0.25) is 0 Å². The van der Waals surface area contributed by atoms with Crippen molar-refractivity contribution in [2.45, 2.75) is 6.92 Å². The number of fused-ring (bicyclic) bond motifs is 3. The van der Waals surface area contributed by atoms with Crippen molar-refractivity contribution in [1.82, 2.24) is 19.8 Å². The molecular formula is C18H16N6O. The molecule has 2 aromatic heterocycles. The summed E-state index contributed by atoms with van der Waals surface area (Å²) in [6.45, 7) is 2.61. The summed E-state index contributed by atoms with van der Waals surface area (Å²) in [4.78, 5) is 0. The first kappa shape index (κ1) is 15.1. The van der Waals surface area contributed by atoms with Crippen molar-refractivity contribution in [3.8, 4) is 5.75 Å². The second-order valence-electron chi connectivity index (χ2n) is 5.37. The Morgan fingerprint density at radius 3 is 2.72 bits per heavy atom. The topological polar surface area (TPSA) is 76.7 Å². The number of benzene rings is 2. The van der Waals surface area contributed by atoms with Crippen LogP contribution in [0.25, 0.3) is 16.4 Å². The highest BCUT2D eigenvalue weighted by Gasteiger charge is 2.08. The van der Waals surface area contributed by atoms with E-state index in [1.807, 2.05) is 55.5 Å². The molecule has 1 N–H and O–H groups in total. The third-order valence-electron chi connectivity index (χ3n) is 3.74. The van der Waals surface area contributed by atoms with Gasteiger partial charge in [-0.05, 0) is 36.8 Å². The van der Waals surface area contributed by atoms with Crippen LogP contribution in [0.15, 0.2) is 60.0 Å². The number of ether oxygens (including phenoxy) is 1. The molecule has 0 saturated heterocycles. The van der Waals surface area contributed by atoms with Gasteiger partial charge in [0.05, 0.1) is 12.8 Å². The van der Waals surface area contributed by atoms with Crippen LogP contribution < -0.4 is 10.2 Å². The molecule has 4 rings (SSSR count). The van der Waals surface area contributed by atoms with Crippen molar-refractivity contribution < 1.29 is 4.74 Å². The van der Waals surface area contributed by atoms with Crippen LogP contribution >= 0.6 is 0 Å². The van der Waals surface area contributed by atoms with Crippen molar-refractivity contribution in [1.29, 1.82) is 0 Å². The zero-order valence-corrected chi connectivity index (χ0v) is 13.6. The largest absolute Gasteiger partial charge is 0.494 e. The summed E-state index contributed by atoms with van der Waals surface area (Å²) in [5.41, 5.74) is 4.69. The van der Waals surface area contributed by atoms with E-state index in [1.54, 1.807) is 17.1 Å². The van der Waals surface area contributed by atoms with E-state index in [1.165, 1.54) is 0 Å². The maximum Gasteiger partial charge on any atom is 0.185 e. The molecule has 0 amide bonds. The molecule has 0 fully saturated rings. The number of nitrogens with zero attached hydrogens (tertiary/aromatic N) is 5. The highest BCUT2D eigenvalue weighted by atomic mass is 16.5. The molecule has 2 heterocycles. The number of aromatic nitrogens is 4. The SMILES string of the molecule is CCOc1ccc(/C=N\Nc2nn3cnnc3c3ccccc23)cc1. The molecule has 0 unspecified atom stereocenters. The average Bonchev–Trinajstić information content (AvgIpc) is 3.12. The molecule has 2 aromatic carbocycles. The predicted octanol–water partition coefficient (Wildman–Crippen LogP) is 3.12. The fraction of sp³-hybridized carbons (Fsp3) is 0.111. The standard InChI is InChI=1S/C18H16N6O/c1-2-25-14-9-7-13(8-10-14)11-19-21-17-15-5-3-4-6-16(15)18-22-20-12-24(18)23-17/h3-12H,2H2,1H3,(H,21,23)/b19-11-. The molecule has 0 saturated carbocycles. The van der Waals surface area contributed by atoms with Gasteiger partial charge in [-0.15, -0.1) is 15.3 Å². The quantitative estimate of drug-likeness (QED) is 0.449. The van der Waals surface area contributed by atoms with E-state index >= 15 is 0 Å². The van der Waals surface area contributed by atoms with Crippen LogP contribution in [0.3, 0.4) is 0 Å². The van der Waals surface area contributed by atoms with Crippen molar-refractivity contribution in [2.75, 3.05) is 12.0 Å². The minimum absolute atomic E-state index is 0.644. The fourth-order valence-corrected chi connectivity index (χ4v) is 2.59. The van der Waals surface area contributed by atoms with E-state index in [0.717, 1.165) is 27.7 Å². The number of rotatable bonds is 5. The molecule has 0 radical (unpaired) electrons. The Morgan fingerprint density at radius 2 is 1.92 bits per heavy atom. The summed E-state index contributed by atoms with van der Waals surface area (Å²) in [7, 11) is 0. The van der Waals surface area contributed by atoms with Gasteiger partial charge in [0.2, 0.25) is 0 Å². The number of nitrogens with one attached hydrogen (secondary N) is 1. The summed E-state index contributed by atoms with van der Waals surface area (Å²) in [5, 5.41) is 18.7. The third kappa shape index (κ3) is 2.99. The lowest BCUT2D eigenvalue weighted by molar-refractivity contribution is 0.340. The van der Waals surface area contributed by atoms with Crippen molar-refractivity contribution in [3.63, 3.8) is 0 Å². The number of hydrazone groups is 1. The van der Waals surface area contributed by atoms with Crippen LogP contribution in [0, 0.1) is 0 Å². The van der Waals surface area contributed by atoms with E-state index in [9.17, 15) is 0 Å². The smallest absolute Gasteiger partial charge is 0.185 e. The fourth-order valence-electron chi connectivity index (χ4n) is 2.59. The normalized spacial score (nSPS) is 11.4. The third-order valence-corrected chi connectivity index (χ3v) is 3.74. The van der Waals surface area contributed by atoms with Crippen molar-refractivity contribution in [3.05, 3.63) is 60.4 Å². The number of hydrogen-bond acceptors (Lipinski definition) is 6. The van der Waals surface area contributed by atoms with Crippen LogP contribution in [-0.2, 0) is 0 Å². The van der Waals surface area contributed by atoms with Gasteiger partial charge in [0.25, 0.3) is 0 Å². The Kier molecular flexibility index (Phi) is 3.96. The van der Waals surface area contributed by atoms with Crippen LogP contribution in [0.4, 0.5) is 5.82 Å². The Balaban J connectivity index is 1.61.